The van der Waals surface area contributed by atoms with E-state index in [2.05, 4.69) is 27.7 Å². The van der Waals surface area contributed by atoms with E-state index in [1.54, 1.807) is 38.5 Å². The Morgan fingerprint density at radius 3 is 0.750 bits per heavy atom. The fraction of sp³-hybridized carbons (Fsp3) is 1.00. The van der Waals surface area contributed by atoms with E-state index in [9.17, 15) is 0 Å². The maximum atomic E-state index is 2.35. The first-order valence-electron chi connectivity index (χ1n) is 15.7. The van der Waals surface area contributed by atoms with Gasteiger partial charge in [0, 0.05) is 0 Å². The molecule has 0 aromatic rings. The molecule has 0 unspecified atom stereocenters. The Labute approximate surface area is 205 Å². The Morgan fingerprint density at radius 1 is 0.312 bits per heavy atom. The van der Waals surface area contributed by atoms with Gasteiger partial charge in [0.05, 0.1) is 0 Å². The minimum atomic E-state index is 0.741. The van der Waals surface area contributed by atoms with Crippen molar-refractivity contribution in [1.82, 2.24) is 0 Å². The zero-order valence-electron chi connectivity index (χ0n) is 23.4. The van der Waals surface area contributed by atoms with Gasteiger partial charge >= 0.3 is 0 Å². The first-order valence-corrected chi connectivity index (χ1v) is 15.7. The molecule has 1 aliphatic rings. The fourth-order valence-electron chi connectivity index (χ4n) is 6.91. The molecule has 0 spiro atoms. The molecule has 0 atom stereocenters. The highest BCUT2D eigenvalue weighted by atomic mass is 14.6. The van der Waals surface area contributed by atoms with E-state index in [0.717, 1.165) is 10.8 Å². The van der Waals surface area contributed by atoms with Gasteiger partial charge in [-0.15, -0.1) is 0 Å². The van der Waals surface area contributed by atoms with E-state index >= 15 is 0 Å². The van der Waals surface area contributed by atoms with Gasteiger partial charge in [-0.3, -0.25) is 0 Å². The Balaban J connectivity index is 2.59. The number of rotatable bonds is 24. The van der Waals surface area contributed by atoms with Crippen LogP contribution >= 0.6 is 0 Å². The molecule has 32 heavy (non-hydrogen) atoms. The summed E-state index contributed by atoms with van der Waals surface area (Å²) in [4.78, 5) is 0. The summed E-state index contributed by atoms with van der Waals surface area (Å²) < 4.78 is 0. The predicted octanol–water partition coefficient (Wildman–Crippen LogP) is 12.2. The SMILES string of the molecule is CCCCCCCC1(CCCCCCC)CC(CCCCCCC)(CCCCCCC)C1. The van der Waals surface area contributed by atoms with Crippen LogP contribution in [0.1, 0.15) is 195 Å². The molecule has 0 aliphatic heterocycles. The minimum Gasteiger partial charge on any atom is -0.0654 e. The Bertz CT molecular complexity index is 321. The van der Waals surface area contributed by atoms with Crippen LogP contribution in [0.3, 0.4) is 0 Å². The summed E-state index contributed by atoms with van der Waals surface area (Å²) in [6.45, 7) is 9.39. The van der Waals surface area contributed by atoms with Crippen LogP contribution in [0.2, 0.25) is 0 Å². The van der Waals surface area contributed by atoms with Crippen LogP contribution in [0.5, 0.6) is 0 Å². The maximum absolute atomic E-state index is 2.35. The third-order valence-corrected chi connectivity index (χ3v) is 8.74. The molecule has 0 N–H and O–H groups in total. The Hall–Kier alpha value is 0. The maximum Gasteiger partial charge on any atom is -0.0287 e. The molecule has 0 nitrogen and oxygen atoms in total. The minimum absolute atomic E-state index is 0.741. The van der Waals surface area contributed by atoms with Crippen LogP contribution in [-0.4, -0.2) is 0 Å². The second-order valence-corrected chi connectivity index (χ2v) is 12.0. The van der Waals surface area contributed by atoms with Crippen molar-refractivity contribution < 1.29 is 0 Å². The molecule has 0 saturated heterocycles. The molecule has 0 heteroatoms. The summed E-state index contributed by atoms with van der Waals surface area (Å²) in [6.07, 6.45) is 38.6. The second-order valence-electron chi connectivity index (χ2n) is 12.0. The van der Waals surface area contributed by atoms with Gasteiger partial charge in [0.25, 0.3) is 0 Å². The van der Waals surface area contributed by atoms with E-state index < -0.39 is 0 Å². The molecule has 0 heterocycles. The highest BCUT2D eigenvalue weighted by Gasteiger charge is 2.51. The van der Waals surface area contributed by atoms with Crippen LogP contribution in [0.25, 0.3) is 0 Å². The summed E-state index contributed by atoms with van der Waals surface area (Å²) in [5.41, 5.74) is 1.48. The van der Waals surface area contributed by atoms with Crippen LogP contribution in [-0.2, 0) is 0 Å². The van der Waals surface area contributed by atoms with Gasteiger partial charge in [-0.1, -0.05) is 156 Å². The van der Waals surface area contributed by atoms with Crippen molar-refractivity contribution in [3.63, 3.8) is 0 Å². The normalized spacial score (nSPS) is 16.9. The van der Waals surface area contributed by atoms with Crippen molar-refractivity contribution in [2.75, 3.05) is 0 Å². The Morgan fingerprint density at radius 2 is 0.531 bits per heavy atom. The highest BCUT2D eigenvalue weighted by molar-refractivity contribution is 5.03. The largest absolute Gasteiger partial charge is 0.0654 e. The molecule has 0 aromatic carbocycles. The van der Waals surface area contributed by atoms with E-state index in [0.29, 0.717) is 0 Å². The van der Waals surface area contributed by atoms with E-state index in [1.807, 2.05) is 0 Å². The molecule has 1 rings (SSSR count). The monoisotopic (exact) mass is 449 g/mol. The smallest absolute Gasteiger partial charge is 0.0287 e. The van der Waals surface area contributed by atoms with Gasteiger partial charge in [-0.05, 0) is 49.4 Å². The van der Waals surface area contributed by atoms with Crippen molar-refractivity contribution >= 4 is 0 Å². The van der Waals surface area contributed by atoms with Gasteiger partial charge in [-0.25, -0.2) is 0 Å². The topological polar surface area (TPSA) is 0 Å². The lowest BCUT2D eigenvalue weighted by Gasteiger charge is -2.58. The second kappa shape index (κ2) is 19.3. The third kappa shape index (κ3) is 13.0. The zero-order chi connectivity index (χ0) is 23.4. The van der Waals surface area contributed by atoms with Gasteiger partial charge in [0.15, 0.2) is 0 Å². The molecule has 1 aliphatic carbocycles. The molecule has 0 radical (unpaired) electrons. The van der Waals surface area contributed by atoms with Crippen molar-refractivity contribution in [2.24, 2.45) is 10.8 Å². The molecule has 1 fully saturated rings. The van der Waals surface area contributed by atoms with Crippen molar-refractivity contribution in [2.45, 2.75) is 195 Å². The van der Waals surface area contributed by atoms with E-state index in [4.69, 9.17) is 0 Å². The summed E-state index contributed by atoms with van der Waals surface area (Å²) in [6, 6.07) is 0. The first-order chi connectivity index (χ1) is 15.7. The van der Waals surface area contributed by atoms with Gasteiger partial charge in [0.1, 0.15) is 0 Å². The summed E-state index contributed by atoms with van der Waals surface area (Å²) >= 11 is 0. The predicted molar refractivity (Wildman–Crippen MR) is 148 cm³/mol. The fourth-order valence-corrected chi connectivity index (χ4v) is 6.91. The summed E-state index contributed by atoms with van der Waals surface area (Å²) in [5, 5.41) is 0. The van der Waals surface area contributed by atoms with Crippen LogP contribution in [0, 0.1) is 10.8 Å². The van der Waals surface area contributed by atoms with Crippen molar-refractivity contribution in [1.29, 1.82) is 0 Å². The standard InChI is InChI=1S/C32H64/c1-5-9-13-17-21-25-31(26-22-18-14-10-6-2)29-32(30-31,27-23-19-15-11-7-3)28-24-20-16-12-8-4/h5-30H2,1-4H3. The van der Waals surface area contributed by atoms with E-state index in [-0.39, 0.29) is 0 Å². The van der Waals surface area contributed by atoms with Crippen LogP contribution < -0.4 is 0 Å². The average molecular weight is 449 g/mol. The zero-order valence-corrected chi connectivity index (χ0v) is 23.4. The Kier molecular flexibility index (Phi) is 18.1. The first kappa shape index (κ1) is 30.0. The molecule has 192 valence electrons. The van der Waals surface area contributed by atoms with Crippen molar-refractivity contribution in [3.8, 4) is 0 Å². The van der Waals surface area contributed by atoms with Crippen LogP contribution in [0.4, 0.5) is 0 Å². The van der Waals surface area contributed by atoms with Gasteiger partial charge in [0.2, 0.25) is 0 Å². The molecule has 1 saturated carbocycles. The molecular formula is C32H64. The molecule has 0 amide bonds. The van der Waals surface area contributed by atoms with Crippen LogP contribution in [0.15, 0.2) is 0 Å². The molecule has 0 bridgehead atoms. The average Bonchev–Trinajstić information content (AvgIpc) is 2.77. The van der Waals surface area contributed by atoms with Gasteiger partial charge in [-0.2, -0.15) is 0 Å². The number of hydrogen-bond acceptors (Lipinski definition) is 0. The lowest BCUT2D eigenvalue weighted by molar-refractivity contribution is -0.0710. The summed E-state index contributed by atoms with van der Waals surface area (Å²) in [5.74, 6) is 0. The quantitative estimate of drug-likeness (QED) is 0.129. The lowest BCUT2D eigenvalue weighted by atomic mass is 9.47. The van der Waals surface area contributed by atoms with Crippen molar-refractivity contribution in [3.05, 3.63) is 0 Å². The number of hydrogen-bond donors (Lipinski definition) is 0. The van der Waals surface area contributed by atoms with Gasteiger partial charge < -0.3 is 0 Å². The molecular weight excluding hydrogens is 384 g/mol. The van der Waals surface area contributed by atoms with E-state index in [1.165, 1.54) is 128 Å². The molecule has 0 aromatic heterocycles. The lowest BCUT2D eigenvalue weighted by Crippen LogP contribution is -2.46. The number of unbranched alkanes of at least 4 members (excludes halogenated alkanes) is 16. The summed E-state index contributed by atoms with van der Waals surface area (Å²) in [7, 11) is 0. The highest BCUT2D eigenvalue weighted by Crippen LogP contribution is 2.63. The third-order valence-electron chi connectivity index (χ3n) is 8.74.